The molecule has 0 spiro atoms. The van der Waals surface area contributed by atoms with E-state index >= 15 is 0 Å². The molecule has 0 fully saturated rings. The number of aromatic amines is 1. The summed E-state index contributed by atoms with van der Waals surface area (Å²) < 4.78 is 1.76. The molecular formula is C8H7N7. The van der Waals surface area contributed by atoms with E-state index in [0.29, 0.717) is 17.3 Å². The van der Waals surface area contributed by atoms with Gasteiger partial charge in [-0.25, -0.2) is 4.98 Å². The van der Waals surface area contributed by atoms with Crippen LogP contribution in [0.4, 0.5) is 5.82 Å². The van der Waals surface area contributed by atoms with Crippen LogP contribution < -0.4 is 5.73 Å². The van der Waals surface area contributed by atoms with Gasteiger partial charge < -0.3 is 5.73 Å². The monoisotopic (exact) mass is 201 g/mol. The summed E-state index contributed by atoms with van der Waals surface area (Å²) in [5.74, 6) is 1.06. The second-order valence-electron chi connectivity index (χ2n) is 3.04. The quantitative estimate of drug-likeness (QED) is 0.581. The van der Waals surface area contributed by atoms with Crippen LogP contribution in [0.15, 0.2) is 24.7 Å². The first-order chi connectivity index (χ1) is 7.34. The molecule has 0 aliphatic heterocycles. The summed E-state index contributed by atoms with van der Waals surface area (Å²) in [5.41, 5.74) is 6.96. The van der Waals surface area contributed by atoms with E-state index in [4.69, 9.17) is 5.73 Å². The van der Waals surface area contributed by atoms with Crippen LogP contribution in [0.5, 0.6) is 0 Å². The van der Waals surface area contributed by atoms with E-state index < -0.39 is 0 Å². The summed E-state index contributed by atoms with van der Waals surface area (Å²) in [7, 11) is 0. The lowest BCUT2D eigenvalue weighted by Gasteiger charge is -1.93. The van der Waals surface area contributed by atoms with E-state index in [2.05, 4.69) is 25.4 Å². The standard InChI is InChI=1S/C8H7N7/c9-6-3-5(11-12-6)8-14-13-7-1-2-10-4-15(7)8/h1-4H,(H3,9,11,12). The zero-order valence-electron chi connectivity index (χ0n) is 7.62. The second-order valence-corrected chi connectivity index (χ2v) is 3.04. The maximum atomic E-state index is 5.51. The first-order valence-electron chi connectivity index (χ1n) is 4.30. The van der Waals surface area contributed by atoms with Crippen LogP contribution in [-0.2, 0) is 0 Å². The molecule has 3 aromatic rings. The summed E-state index contributed by atoms with van der Waals surface area (Å²) in [6.45, 7) is 0. The van der Waals surface area contributed by atoms with Crippen LogP contribution >= 0.6 is 0 Å². The minimum atomic E-state index is 0.422. The molecule has 3 rings (SSSR count). The molecule has 3 heterocycles. The fourth-order valence-corrected chi connectivity index (χ4v) is 1.38. The lowest BCUT2D eigenvalue weighted by atomic mass is 10.4. The molecule has 0 radical (unpaired) electrons. The Hall–Kier alpha value is -2.44. The minimum absolute atomic E-state index is 0.422. The second kappa shape index (κ2) is 2.77. The van der Waals surface area contributed by atoms with E-state index in [-0.39, 0.29) is 0 Å². The van der Waals surface area contributed by atoms with Gasteiger partial charge in [0, 0.05) is 18.3 Å². The Bertz CT molecular complexity index is 608. The average molecular weight is 201 g/mol. The molecule has 3 aromatic heterocycles. The number of nitrogens with one attached hydrogen (secondary N) is 1. The van der Waals surface area contributed by atoms with Gasteiger partial charge in [0.1, 0.15) is 17.8 Å². The molecule has 0 aliphatic carbocycles. The molecular weight excluding hydrogens is 194 g/mol. The summed E-state index contributed by atoms with van der Waals surface area (Å²) in [6, 6.07) is 3.47. The summed E-state index contributed by atoms with van der Waals surface area (Å²) in [4.78, 5) is 4.00. The predicted octanol–water partition coefficient (Wildman–Crippen LogP) is 0.0966. The number of nitrogen functional groups attached to an aromatic ring is 1. The SMILES string of the molecule is Nc1cc(-c2nnc3ccncn23)[nH]n1. The van der Waals surface area contributed by atoms with Crippen molar-refractivity contribution >= 4 is 11.5 Å². The smallest absolute Gasteiger partial charge is 0.187 e. The van der Waals surface area contributed by atoms with E-state index in [9.17, 15) is 0 Å². The van der Waals surface area contributed by atoms with Crippen LogP contribution in [0.25, 0.3) is 17.2 Å². The zero-order chi connectivity index (χ0) is 10.3. The minimum Gasteiger partial charge on any atom is -0.382 e. The van der Waals surface area contributed by atoms with Crippen molar-refractivity contribution in [2.45, 2.75) is 0 Å². The predicted molar refractivity (Wildman–Crippen MR) is 52.8 cm³/mol. The van der Waals surface area contributed by atoms with E-state index in [1.165, 1.54) is 0 Å². The Morgan fingerprint density at radius 3 is 3.07 bits per heavy atom. The van der Waals surface area contributed by atoms with Gasteiger partial charge in [0.25, 0.3) is 0 Å². The highest BCUT2D eigenvalue weighted by Gasteiger charge is 2.09. The van der Waals surface area contributed by atoms with Gasteiger partial charge in [-0.1, -0.05) is 0 Å². The van der Waals surface area contributed by atoms with Crippen molar-refractivity contribution in [1.82, 2.24) is 29.8 Å². The molecule has 0 saturated heterocycles. The molecule has 0 saturated carbocycles. The number of hydrogen-bond donors (Lipinski definition) is 2. The van der Waals surface area contributed by atoms with E-state index in [1.54, 1.807) is 29.1 Å². The highest BCUT2D eigenvalue weighted by Crippen LogP contribution is 2.16. The summed E-state index contributed by atoms with van der Waals surface area (Å²) in [6.07, 6.45) is 3.30. The number of H-pyrrole nitrogens is 1. The van der Waals surface area contributed by atoms with Gasteiger partial charge in [0.05, 0.1) is 0 Å². The molecule has 0 atom stereocenters. The molecule has 7 heteroatoms. The topological polar surface area (TPSA) is 97.8 Å². The van der Waals surface area contributed by atoms with E-state index in [1.807, 2.05) is 0 Å². The molecule has 0 unspecified atom stereocenters. The van der Waals surface area contributed by atoms with Crippen LogP contribution in [0.1, 0.15) is 0 Å². The maximum Gasteiger partial charge on any atom is 0.187 e. The molecule has 74 valence electrons. The highest BCUT2D eigenvalue weighted by molar-refractivity contribution is 5.57. The summed E-state index contributed by atoms with van der Waals surface area (Å²) in [5, 5.41) is 14.6. The molecule has 0 bridgehead atoms. The molecule has 3 N–H and O–H groups in total. The third-order valence-corrected chi connectivity index (χ3v) is 2.05. The van der Waals surface area contributed by atoms with Gasteiger partial charge in [-0.05, 0) is 0 Å². The first kappa shape index (κ1) is 7.92. The van der Waals surface area contributed by atoms with E-state index in [0.717, 1.165) is 5.65 Å². The molecule has 0 aromatic carbocycles. The molecule has 0 aliphatic rings. The normalized spacial score (nSPS) is 10.9. The number of aromatic nitrogens is 6. The highest BCUT2D eigenvalue weighted by atomic mass is 15.3. The molecule has 15 heavy (non-hydrogen) atoms. The van der Waals surface area contributed by atoms with Gasteiger partial charge in [0.15, 0.2) is 11.5 Å². The Morgan fingerprint density at radius 1 is 1.33 bits per heavy atom. The Labute approximate surface area is 84.0 Å². The van der Waals surface area contributed by atoms with Crippen molar-refractivity contribution in [3.8, 4) is 11.5 Å². The van der Waals surface area contributed by atoms with Crippen LogP contribution in [-0.4, -0.2) is 29.8 Å². The largest absolute Gasteiger partial charge is 0.382 e. The number of rotatable bonds is 1. The van der Waals surface area contributed by atoms with Crippen molar-refractivity contribution in [2.75, 3.05) is 5.73 Å². The fraction of sp³-hybridized carbons (Fsp3) is 0. The van der Waals surface area contributed by atoms with Crippen molar-refractivity contribution in [1.29, 1.82) is 0 Å². The fourth-order valence-electron chi connectivity index (χ4n) is 1.38. The zero-order valence-corrected chi connectivity index (χ0v) is 7.62. The van der Waals surface area contributed by atoms with Gasteiger partial charge in [0.2, 0.25) is 0 Å². The van der Waals surface area contributed by atoms with Gasteiger partial charge >= 0.3 is 0 Å². The number of hydrogen-bond acceptors (Lipinski definition) is 5. The molecule has 7 nitrogen and oxygen atoms in total. The number of fused-ring (bicyclic) bond motifs is 1. The Kier molecular flexibility index (Phi) is 1.46. The number of nitrogens with two attached hydrogens (primary N) is 1. The molecule has 0 amide bonds. The van der Waals surface area contributed by atoms with Gasteiger partial charge in [-0.2, -0.15) is 5.10 Å². The van der Waals surface area contributed by atoms with Crippen molar-refractivity contribution in [2.24, 2.45) is 0 Å². The maximum absolute atomic E-state index is 5.51. The van der Waals surface area contributed by atoms with Crippen molar-refractivity contribution in [3.63, 3.8) is 0 Å². The summed E-state index contributed by atoms with van der Waals surface area (Å²) >= 11 is 0. The third kappa shape index (κ3) is 1.13. The lowest BCUT2D eigenvalue weighted by molar-refractivity contribution is 1.03. The average Bonchev–Trinajstić information content (AvgIpc) is 2.83. The van der Waals surface area contributed by atoms with Gasteiger partial charge in [-0.3, -0.25) is 9.50 Å². The first-order valence-corrected chi connectivity index (χ1v) is 4.30. The van der Waals surface area contributed by atoms with Crippen LogP contribution in [0.3, 0.4) is 0 Å². The lowest BCUT2D eigenvalue weighted by Crippen LogP contribution is -1.90. The Morgan fingerprint density at radius 2 is 2.27 bits per heavy atom. The van der Waals surface area contributed by atoms with Crippen LogP contribution in [0.2, 0.25) is 0 Å². The van der Waals surface area contributed by atoms with Crippen LogP contribution in [0, 0.1) is 0 Å². The Balaban J connectivity index is 2.27. The van der Waals surface area contributed by atoms with Crippen molar-refractivity contribution in [3.05, 3.63) is 24.7 Å². The third-order valence-electron chi connectivity index (χ3n) is 2.05. The van der Waals surface area contributed by atoms with Crippen molar-refractivity contribution < 1.29 is 0 Å². The number of anilines is 1. The van der Waals surface area contributed by atoms with Gasteiger partial charge in [-0.15, -0.1) is 10.2 Å². The number of nitrogens with zero attached hydrogens (tertiary/aromatic N) is 5.